The summed E-state index contributed by atoms with van der Waals surface area (Å²) in [6, 6.07) is 6.12. The molecule has 1 aromatic rings. The lowest BCUT2D eigenvalue weighted by Gasteiger charge is -2.10. The molecule has 2 atom stereocenters. The van der Waals surface area contributed by atoms with Gasteiger partial charge in [0.25, 0.3) is 0 Å². The fourth-order valence-corrected chi connectivity index (χ4v) is 3.96. The molecule has 2 aliphatic rings. The zero-order valence-corrected chi connectivity index (χ0v) is 14.9. The van der Waals surface area contributed by atoms with E-state index in [1.165, 1.54) is 11.1 Å². The normalized spacial score (nSPS) is 29.5. The minimum Gasteiger partial charge on any atom is -0.326 e. The molecular formula is C22H29NO. The highest BCUT2D eigenvalue weighted by atomic mass is 16.2. The molecule has 0 aromatic heterocycles. The van der Waals surface area contributed by atoms with Crippen LogP contribution in [0.25, 0.3) is 0 Å². The Morgan fingerprint density at radius 1 is 0.917 bits per heavy atom. The smallest absolute Gasteiger partial charge is 0.228 e. The molecule has 24 heavy (non-hydrogen) atoms. The maximum absolute atomic E-state index is 12.8. The molecule has 1 aromatic carbocycles. The van der Waals surface area contributed by atoms with Gasteiger partial charge in [0.1, 0.15) is 0 Å². The predicted molar refractivity (Wildman–Crippen MR) is 101 cm³/mol. The van der Waals surface area contributed by atoms with Gasteiger partial charge in [-0.2, -0.15) is 0 Å². The van der Waals surface area contributed by atoms with Crippen LogP contribution in [0.1, 0.15) is 49.7 Å². The van der Waals surface area contributed by atoms with Gasteiger partial charge < -0.3 is 5.32 Å². The molecule has 128 valence electrons. The van der Waals surface area contributed by atoms with Crippen LogP contribution in [0.5, 0.6) is 0 Å². The number of hydrogen-bond donors (Lipinski definition) is 1. The fraction of sp³-hybridized carbons (Fsp3) is 0.500. The van der Waals surface area contributed by atoms with Gasteiger partial charge in [-0.15, -0.1) is 0 Å². The van der Waals surface area contributed by atoms with Crippen LogP contribution >= 0.6 is 0 Å². The van der Waals surface area contributed by atoms with E-state index in [2.05, 4.69) is 49.5 Å². The molecule has 2 heteroatoms. The predicted octanol–water partition coefficient (Wildman–Crippen LogP) is 5.57. The van der Waals surface area contributed by atoms with Gasteiger partial charge in [0.15, 0.2) is 0 Å². The van der Waals surface area contributed by atoms with Crippen molar-refractivity contribution in [1.29, 1.82) is 0 Å². The third-order valence-electron chi connectivity index (χ3n) is 5.66. The first-order valence-corrected chi connectivity index (χ1v) is 9.35. The van der Waals surface area contributed by atoms with E-state index in [9.17, 15) is 4.79 Å². The molecule has 0 spiro atoms. The first-order chi connectivity index (χ1) is 11.7. The Kier molecular flexibility index (Phi) is 5.55. The van der Waals surface area contributed by atoms with Crippen LogP contribution in [0.15, 0.2) is 42.5 Å². The van der Waals surface area contributed by atoms with Gasteiger partial charge in [0.05, 0.1) is 0 Å². The maximum atomic E-state index is 12.8. The lowest BCUT2D eigenvalue weighted by atomic mass is 10.1. The van der Waals surface area contributed by atoms with Crippen molar-refractivity contribution in [3.63, 3.8) is 0 Å². The average molecular weight is 323 g/mol. The van der Waals surface area contributed by atoms with Gasteiger partial charge >= 0.3 is 0 Å². The Morgan fingerprint density at radius 2 is 1.50 bits per heavy atom. The molecule has 0 aliphatic heterocycles. The number of carbonyl (C=O) groups is 1. The van der Waals surface area contributed by atoms with Crippen molar-refractivity contribution in [2.75, 3.05) is 5.32 Å². The first kappa shape index (κ1) is 17.0. The third kappa shape index (κ3) is 3.98. The largest absolute Gasteiger partial charge is 0.326 e. The summed E-state index contributed by atoms with van der Waals surface area (Å²) in [5, 5.41) is 3.19. The fourth-order valence-electron chi connectivity index (χ4n) is 3.96. The number of anilines is 1. The number of amides is 1. The van der Waals surface area contributed by atoms with E-state index in [4.69, 9.17) is 0 Å². The van der Waals surface area contributed by atoms with E-state index in [-0.39, 0.29) is 11.8 Å². The molecule has 2 nitrogen and oxygen atoms in total. The second-order valence-electron chi connectivity index (χ2n) is 7.27. The molecule has 0 heterocycles. The summed E-state index contributed by atoms with van der Waals surface area (Å²) in [6.07, 6.45) is 16.0. The second-order valence-corrected chi connectivity index (χ2v) is 7.27. The molecule has 0 radical (unpaired) electrons. The van der Waals surface area contributed by atoms with E-state index in [0.29, 0.717) is 11.8 Å². The lowest BCUT2D eigenvalue weighted by molar-refractivity contribution is -0.117. The van der Waals surface area contributed by atoms with Crippen molar-refractivity contribution in [2.45, 2.75) is 52.4 Å². The lowest BCUT2D eigenvalue weighted by Crippen LogP contribution is -2.16. The van der Waals surface area contributed by atoms with Crippen LogP contribution in [0, 0.1) is 31.6 Å². The Morgan fingerprint density at radius 3 is 2.12 bits per heavy atom. The minimum atomic E-state index is 0.201. The summed E-state index contributed by atoms with van der Waals surface area (Å²) in [5.41, 5.74) is 3.38. The van der Waals surface area contributed by atoms with E-state index in [0.717, 1.165) is 44.2 Å². The van der Waals surface area contributed by atoms with E-state index in [1.807, 2.05) is 12.1 Å². The highest BCUT2D eigenvalue weighted by molar-refractivity contribution is 5.95. The molecule has 0 bridgehead atoms. The molecule has 0 unspecified atom stereocenters. The zero-order chi connectivity index (χ0) is 16.9. The van der Waals surface area contributed by atoms with Crippen LogP contribution in [-0.4, -0.2) is 5.91 Å². The average Bonchev–Trinajstić information content (AvgIpc) is 3.24. The number of hydrogen-bond acceptors (Lipinski definition) is 1. The SMILES string of the molecule is Cc1cccc(NC(=O)C2[C@H]3CC/C=C\CC/C=C\CC[C@H]23)c1C. The van der Waals surface area contributed by atoms with Crippen LogP contribution in [0.2, 0.25) is 0 Å². The summed E-state index contributed by atoms with van der Waals surface area (Å²) in [5.74, 6) is 1.55. The van der Waals surface area contributed by atoms with Gasteiger partial charge in [-0.3, -0.25) is 4.79 Å². The number of carbonyl (C=O) groups excluding carboxylic acids is 1. The van der Waals surface area contributed by atoms with Crippen molar-refractivity contribution >= 4 is 11.6 Å². The van der Waals surface area contributed by atoms with Gasteiger partial charge in [-0.05, 0) is 81.4 Å². The van der Waals surface area contributed by atoms with Gasteiger partial charge in [-0.25, -0.2) is 0 Å². The molecule has 0 saturated heterocycles. The van der Waals surface area contributed by atoms with Crippen LogP contribution < -0.4 is 5.32 Å². The third-order valence-corrected chi connectivity index (χ3v) is 5.66. The molecule has 1 N–H and O–H groups in total. The standard InChI is InChI=1S/C22H29NO/c1-16-12-11-15-20(17(16)2)23-22(24)21-18-13-9-7-5-3-4-6-8-10-14-19(18)21/h5-8,11-12,15,18-19,21H,3-4,9-10,13-14H2,1-2H3,(H,23,24)/b7-5-,8-6-/t18-,19-/m0/s1. The summed E-state index contributed by atoms with van der Waals surface area (Å²) < 4.78 is 0. The molecule has 1 fully saturated rings. The maximum Gasteiger partial charge on any atom is 0.228 e. The van der Waals surface area contributed by atoms with E-state index < -0.39 is 0 Å². The monoisotopic (exact) mass is 323 g/mol. The quantitative estimate of drug-likeness (QED) is 0.708. The molecule has 2 aliphatic carbocycles. The van der Waals surface area contributed by atoms with E-state index in [1.54, 1.807) is 0 Å². The number of rotatable bonds is 2. The first-order valence-electron chi connectivity index (χ1n) is 9.35. The van der Waals surface area contributed by atoms with Gasteiger partial charge in [0.2, 0.25) is 5.91 Å². The Labute approximate surface area is 146 Å². The van der Waals surface area contributed by atoms with Crippen molar-refractivity contribution in [1.82, 2.24) is 0 Å². The van der Waals surface area contributed by atoms with Crippen molar-refractivity contribution in [3.05, 3.63) is 53.6 Å². The molecule has 1 amide bonds. The molecular weight excluding hydrogens is 294 g/mol. The van der Waals surface area contributed by atoms with Crippen LogP contribution in [0.4, 0.5) is 5.69 Å². The summed E-state index contributed by atoms with van der Waals surface area (Å²) in [7, 11) is 0. The summed E-state index contributed by atoms with van der Waals surface area (Å²) in [6.45, 7) is 4.17. The van der Waals surface area contributed by atoms with Crippen LogP contribution in [-0.2, 0) is 4.79 Å². The minimum absolute atomic E-state index is 0.201. The Hall–Kier alpha value is -1.83. The van der Waals surface area contributed by atoms with E-state index >= 15 is 0 Å². The van der Waals surface area contributed by atoms with Crippen LogP contribution in [0.3, 0.4) is 0 Å². The number of aryl methyl sites for hydroxylation is 1. The van der Waals surface area contributed by atoms with Crippen molar-refractivity contribution in [2.24, 2.45) is 17.8 Å². The molecule has 1 saturated carbocycles. The highest BCUT2D eigenvalue weighted by Crippen LogP contribution is 2.52. The topological polar surface area (TPSA) is 29.1 Å². The number of benzene rings is 1. The number of fused-ring (bicyclic) bond motifs is 1. The Balaban J connectivity index is 1.65. The van der Waals surface area contributed by atoms with Gasteiger partial charge in [-0.1, -0.05) is 36.4 Å². The van der Waals surface area contributed by atoms with Crippen molar-refractivity contribution in [3.8, 4) is 0 Å². The van der Waals surface area contributed by atoms with Gasteiger partial charge in [0, 0.05) is 11.6 Å². The zero-order valence-electron chi connectivity index (χ0n) is 14.9. The number of nitrogens with one attached hydrogen (secondary N) is 1. The number of allylic oxidation sites excluding steroid dienone is 4. The summed E-state index contributed by atoms with van der Waals surface area (Å²) in [4.78, 5) is 12.8. The second kappa shape index (κ2) is 7.83. The summed E-state index contributed by atoms with van der Waals surface area (Å²) >= 11 is 0. The Bertz CT molecular complexity index is 619. The molecule has 3 rings (SSSR count). The highest BCUT2D eigenvalue weighted by Gasteiger charge is 2.52. The van der Waals surface area contributed by atoms with Crippen molar-refractivity contribution < 1.29 is 4.79 Å².